The van der Waals surface area contributed by atoms with Gasteiger partial charge in [-0.05, 0) is 24.3 Å². The zero-order valence-corrected chi connectivity index (χ0v) is 8.30. The molecular formula is C11H9FN2O2. The van der Waals surface area contributed by atoms with Crippen molar-refractivity contribution in [2.75, 3.05) is 0 Å². The highest BCUT2D eigenvalue weighted by molar-refractivity contribution is 5.26. The van der Waals surface area contributed by atoms with Crippen LogP contribution in [-0.4, -0.2) is 15.1 Å². The summed E-state index contributed by atoms with van der Waals surface area (Å²) in [4.78, 5) is 7.83. The summed E-state index contributed by atoms with van der Waals surface area (Å²) in [5.41, 5.74) is 0.416. The molecule has 16 heavy (non-hydrogen) atoms. The van der Waals surface area contributed by atoms with Crippen molar-refractivity contribution in [1.82, 2.24) is 9.97 Å². The molecule has 0 aliphatic heterocycles. The highest BCUT2D eigenvalue weighted by atomic mass is 19.1. The minimum absolute atomic E-state index is 0.201. The largest absolute Gasteiger partial charge is 0.437 e. The van der Waals surface area contributed by atoms with Gasteiger partial charge in [-0.25, -0.2) is 9.37 Å². The first-order valence-electron chi connectivity index (χ1n) is 4.63. The Balaban J connectivity index is 2.16. The second-order valence-electron chi connectivity index (χ2n) is 3.06. The van der Waals surface area contributed by atoms with Crippen molar-refractivity contribution in [2.45, 2.75) is 6.61 Å². The molecule has 1 aromatic carbocycles. The van der Waals surface area contributed by atoms with Gasteiger partial charge in [0.15, 0.2) is 0 Å². The average molecular weight is 220 g/mol. The maximum Gasteiger partial charge on any atom is 0.238 e. The van der Waals surface area contributed by atoms with Gasteiger partial charge in [0.05, 0.1) is 24.7 Å². The predicted octanol–water partition coefficient (Wildman–Crippen LogP) is 1.90. The first-order valence-corrected chi connectivity index (χ1v) is 4.63. The number of hydrogen-bond acceptors (Lipinski definition) is 4. The minimum atomic E-state index is -0.331. The Morgan fingerprint density at radius 2 is 1.94 bits per heavy atom. The summed E-state index contributed by atoms with van der Waals surface area (Å²) >= 11 is 0. The lowest BCUT2D eigenvalue weighted by Gasteiger charge is -2.04. The number of aliphatic hydroxyl groups is 1. The Morgan fingerprint density at radius 3 is 2.62 bits per heavy atom. The Hall–Kier alpha value is -2.01. The molecule has 0 saturated carbocycles. The number of benzene rings is 1. The van der Waals surface area contributed by atoms with E-state index in [-0.39, 0.29) is 18.3 Å². The van der Waals surface area contributed by atoms with Crippen LogP contribution in [-0.2, 0) is 6.61 Å². The van der Waals surface area contributed by atoms with E-state index in [9.17, 15) is 4.39 Å². The Kier molecular flexibility index (Phi) is 3.07. The van der Waals surface area contributed by atoms with Crippen molar-refractivity contribution in [3.05, 3.63) is 48.2 Å². The molecule has 0 atom stereocenters. The van der Waals surface area contributed by atoms with Crippen LogP contribution in [0, 0.1) is 5.82 Å². The topological polar surface area (TPSA) is 55.2 Å². The van der Waals surface area contributed by atoms with Crippen LogP contribution in [0.1, 0.15) is 5.69 Å². The van der Waals surface area contributed by atoms with Gasteiger partial charge >= 0.3 is 0 Å². The van der Waals surface area contributed by atoms with Crippen LogP contribution in [0.15, 0.2) is 36.7 Å². The Labute approximate surface area is 91.4 Å². The molecule has 0 spiro atoms. The smallest absolute Gasteiger partial charge is 0.238 e. The zero-order valence-electron chi connectivity index (χ0n) is 8.30. The lowest BCUT2D eigenvalue weighted by molar-refractivity contribution is 0.274. The van der Waals surface area contributed by atoms with Crippen LogP contribution in [0.25, 0.3) is 0 Å². The van der Waals surface area contributed by atoms with Crippen LogP contribution in [0.2, 0.25) is 0 Å². The third-order valence-electron chi connectivity index (χ3n) is 1.86. The molecule has 1 N–H and O–H groups in total. The summed E-state index contributed by atoms with van der Waals surface area (Å²) < 4.78 is 18.0. The van der Waals surface area contributed by atoms with Gasteiger partial charge in [-0.1, -0.05) is 0 Å². The van der Waals surface area contributed by atoms with Crippen LogP contribution in [0.5, 0.6) is 11.6 Å². The van der Waals surface area contributed by atoms with E-state index in [0.29, 0.717) is 11.4 Å². The fourth-order valence-corrected chi connectivity index (χ4v) is 1.14. The zero-order chi connectivity index (χ0) is 11.4. The average Bonchev–Trinajstić information content (AvgIpc) is 2.32. The molecule has 1 aromatic heterocycles. The number of rotatable bonds is 3. The third kappa shape index (κ3) is 2.52. The van der Waals surface area contributed by atoms with E-state index in [1.54, 1.807) is 0 Å². The summed E-state index contributed by atoms with van der Waals surface area (Å²) in [6.07, 6.45) is 2.86. The van der Waals surface area contributed by atoms with Crippen molar-refractivity contribution in [1.29, 1.82) is 0 Å². The fourth-order valence-electron chi connectivity index (χ4n) is 1.14. The molecule has 1 heterocycles. The van der Waals surface area contributed by atoms with E-state index in [4.69, 9.17) is 9.84 Å². The predicted molar refractivity (Wildman–Crippen MR) is 54.4 cm³/mol. The van der Waals surface area contributed by atoms with Crippen LogP contribution < -0.4 is 4.74 Å². The number of hydrogen-bond donors (Lipinski definition) is 1. The summed E-state index contributed by atoms with van der Waals surface area (Å²) in [6.45, 7) is -0.201. The standard InChI is InChI=1S/C11H9FN2O2/c12-8-1-3-10(4-2-8)16-11-6-13-5-9(7-15)14-11/h1-6,15H,7H2. The number of nitrogens with zero attached hydrogens (tertiary/aromatic N) is 2. The molecule has 4 nitrogen and oxygen atoms in total. The number of aromatic nitrogens is 2. The van der Waals surface area contributed by atoms with Gasteiger partial charge < -0.3 is 9.84 Å². The molecule has 5 heteroatoms. The highest BCUT2D eigenvalue weighted by Crippen LogP contribution is 2.18. The van der Waals surface area contributed by atoms with E-state index in [1.165, 1.54) is 36.7 Å². The lowest BCUT2D eigenvalue weighted by Crippen LogP contribution is -1.94. The molecule has 0 saturated heterocycles. The number of ether oxygens (including phenoxy) is 1. The van der Waals surface area contributed by atoms with Gasteiger partial charge in [-0.15, -0.1) is 0 Å². The first-order chi connectivity index (χ1) is 7.78. The first kappa shape index (κ1) is 10.5. The molecule has 2 aromatic rings. The Bertz CT molecular complexity index is 474. The van der Waals surface area contributed by atoms with Gasteiger partial charge in [0.1, 0.15) is 11.6 Å². The normalized spacial score (nSPS) is 10.1. The molecule has 82 valence electrons. The molecular weight excluding hydrogens is 211 g/mol. The van der Waals surface area contributed by atoms with Crippen molar-refractivity contribution in [3.8, 4) is 11.6 Å². The van der Waals surface area contributed by atoms with Gasteiger partial charge in [0.2, 0.25) is 5.88 Å². The van der Waals surface area contributed by atoms with E-state index in [0.717, 1.165) is 0 Å². The van der Waals surface area contributed by atoms with E-state index >= 15 is 0 Å². The second kappa shape index (κ2) is 4.67. The van der Waals surface area contributed by atoms with Crippen molar-refractivity contribution >= 4 is 0 Å². The maximum atomic E-state index is 12.6. The minimum Gasteiger partial charge on any atom is -0.437 e. The number of aliphatic hydroxyl groups excluding tert-OH is 1. The summed E-state index contributed by atoms with van der Waals surface area (Å²) in [5, 5.41) is 8.86. The second-order valence-corrected chi connectivity index (χ2v) is 3.06. The summed E-state index contributed by atoms with van der Waals surface area (Å²) in [7, 11) is 0. The molecule has 0 amide bonds. The molecule has 0 unspecified atom stereocenters. The maximum absolute atomic E-state index is 12.6. The van der Waals surface area contributed by atoms with Crippen molar-refractivity contribution in [3.63, 3.8) is 0 Å². The summed E-state index contributed by atoms with van der Waals surface area (Å²) in [6, 6.07) is 5.56. The Morgan fingerprint density at radius 1 is 1.19 bits per heavy atom. The third-order valence-corrected chi connectivity index (χ3v) is 1.86. The molecule has 0 aliphatic rings. The van der Waals surface area contributed by atoms with Gasteiger partial charge in [-0.2, -0.15) is 0 Å². The number of halogens is 1. The van der Waals surface area contributed by atoms with Crippen LogP contribution in [0.3, 0.4) is 0 Å². The monoisotopic (exact) mass is 220 g/mol. The van der Waals surface area contributed by atoms with Crippen LogP contribution in [0.4, 0.5) is 4.39 Å². The van der Waals surface area contributed by atoms with Crippen LogP contribution >= 0.6 is 0 Å². The molecule has 0 bridgehead atoms. The quantitative estimate of drug-likeness (QED) is 0.858. The highest BCUT2D eigenvalue weighted by Gasteiger charge is 2.01. The summed E-state index contributed by atoms with van der Waals surface area (Å²) in [5.74, 6) is 0.395. The lowest BCUT2D eigenvalue weighted by atomic mass is 10.3. The van der Waals surface area contributed by atoms with E-state index < -0.39 is 0 Å². The fraction of sp³-hybridized carbons (Fsp3) is 0.0909. The molecule has 0 aliphatic carbocycles. The SMILES string of the molecule is OCc1cncc(Oc2ccc(F)cc2)n1. The molecule has 0 fully saturated rings. The van der Waals surface area contributed by atoms with E-state index in [2.05, 4.69) is 9.97 Å². The van der Waals surface area contributed by atoms with Gasteiger partial charge in [0.25, 0.3) is 0 Å². The van der Waals surface area contributed by atoms with Gasteiger partial charge in [0, 0.05) is 0 Å². The van der Waals surface area contributed by atoms with E-state index in [1.807, 2.05) is 0 Å². The molecule has 0 radical (unpaired) electrons. The van der Waals surface area contributed by atoms with Gasteiger partial charge in [-0.3, -0.25) is 4.98 Å². The molecule has 2 rings (SSSR count). The van der Waals surface area contributed by atoms with Crippen molar-refractivity contribution < 1.29 is 14.2 Å². The van der Waals surface area contributed by atoms with Crippen molar-refractivity contribution in [2.24, 2.45) is 0 Å².